The number of rotatable bonds is 7. The lowest BCUT2D eigenvalue weighted by Crippen LogP contribution is -2.27. The molecule has 0 amide bonds. The van der Waals surface area contributed by atoms with Crippen LogP contribution in [0.1, 0.15) is 32.6 Å². The summed E-state index contributed by atoms with van der Waals surface area (Å²) in [7, 11) is -1.32. The van der Waals surface area contributed by atoms with Crippen molar-refractivity contribution in [2.45, 2.75) is 58.3 Å². The van der Waals surface area contributed by atoms with Crippen molar-refractivity contribution in [3.63, 3.8) is 0 Å². The summed E-state index contributed by atoms with van der Waals surface area (Å²) in [6.07, 6.45) is 5.57. The molecule has 0 rings (SSSR count). The first-order valence-corrected chi connectivity index (χ1v) is 10.2. The smallest absolute Gasteiger partial charge is 0.169 e. The van der Waals surface area contributed by atoms with E-state index < -0.39 is 8.32 Å². The highest BCUT2D eigenvalue weighted by Crippen LogP contribution is 2.06. The van der Waals surface area contributed by atoms with Crippen LogP contribution in [0.5, 0.6) is 0 Å². The Balaban J connectivity index is 3.01. The Bertz CT molecular complexity index is 99.2. The molecule has 74 valence electrons. The van der Waals surface area contributed by atoms with Gasteiger partial charge in [-0.05, 0) is 25.7 Å². The van der Waals surface area contributed by atoms with Gasteiger partial charge in [0.1, 0.15) is 9.76 Å². The van der Waals surface area contributed by atoms with Crippen LogP contribution in [0.2, 0.25) is 25.7 Å². The molecule has 0 atom stereocenters. The van der Waals surface area contributed by atoms with Crippen molar-refractivity contribution in [1.29, 1.82) is 0 Å². The molecule has 0 aliphatic rings. The fourth-order valence-electron chi connectivity index (χ4n) is 1.08. The molecule has 0 bridgehead atoms. The van der Waals surface area contributed by atoms with Crippen LogP contribution in [0.25, 0.3) is 0 Å². The van der Waals surface area contributed by atoms with Crippen molar-refractivity contribution < 1.29 is 4.12 Å². The maximum atomic E-state index is 5.89. The molecule has 0 aromatic carbocycles. The zero-order chi connectivity index (χ0) is 9.45. The molecule has 0 saturated carbocycles. The predicted molar refractivity (Wildman–Crippen MR) is 61.9 cm³/mol. The Morgan fingerprint density at radius 1 is 1.08 bits per heavy atom. The highest BCUT2D eigenvalue weighted by molar-refractivity contribution is 6.73. The van der Waals surface area contributed by atoms with E-state index in [1.807, 2.05) is 0 Å². The van der Waals surface area contributed by atoms with E-state index in [1.54, 1.807) is 0 Å². The minimum Gasteiger partial charge on any atom is -0.461 e. The third-order valence-electron chi connectivity index (χ3n) is 1.78. The third kappa shape index (κ3) is 10.4. The molecule has 0 aliphatic heterocycles. The fraction of sp³-hybridized carbons (Fsp3) is 1.00. The Labute approximate surface area is 81.0 Å². The zero-order valence-electron chi connectivity index (χ0n) is 9.15. The molecule has 3 heteroatoms. The van der Waals surface area contributed by atoms with E-state index >= 15 is 0 Å². The molecular weight excluding hydrogens is 180 g/mol. The maximum absolute atomic E-state index is 5.89. The summed E-state index contributed by atoms with van der Waals surface area (Å²) in [6.45, 7) is 9.11. The van der Waals surface area contributed by atoms with Crippen molar-refractivity contribution in [2.75, 3.05) is 0 Å². The molecule has 0 N–H and O–H groups in total. The Morgan fingerprint density at radius 3 is 2.25 bits per heavy atom. The van der Waals surface area contributed by atoms with E-state index in [9.17, 15) is 0 Å². The van der Waals surface area contributed by atoms with Crippen molar-refractivity contribution >= 4 is 18.1 Å². The normalized spacial score (nSPS) is 13.0. The van der Waals surface area contributed by atoms with Crippen LogP contribution in [0.4, 0.5) is 0 Å². The van der Waals surface area contributed by atoms with Gasteiger partial charge in [0.2, 0.25) is 0 Å². The van der Waals surface area contributed by atoms with E-state index in [2.05, 4.69) is 26.6 Å². The maximum Gasteiger partial charge on any atom is 0.169 e. The highest BCUT2D eigenvalue weighted by Gasteiger charge is 2.12. The largest absolute Gasteiger partial charge is 0.461 e. The van der Waals surface area contributed by atoms with Gasteiger partial charge in [-0.2, -0.15) is 0 Å². The molecule has 0 radical (unpaired) electrons. The van der Waals surface area contributed by atoms with Gasteiger partial charge in [0.15, 0.2) is 8.32 Å². The van der Waals surface area contributed by atoms with Gasteiger partial charge in [0.25, 0.3) is 0 Å². The van der Waals surface area contributed by atoms with Gasteiger partial charge >= 0.3 is 0 Å². The zero-order valence-corrected chi connectivity index (χ0v) is 11.6. The lowest BCUT2D eigenvalue weighted by atomic mass is 10.2. The van der Waals surface area contributed by atoms with Crippen LogP contribution in [-0.2, 0) is 4.12 Å². The summed E-state index contributed by atoms with van der Waals surface area (Å²) < 4.78 is 5.89. The van der Waals surface area contributed by atoms with Crippen LogP contribution in [0.15, 0.2) is 0 Å². The average molecular weight is 204 g/mol. The molecule has 12 heavy (non-hydrogen) atoms. The second-order valence-electron chi connectivity index (χ2n) is 4.38. The second-order valence-corrected chi connectivity index (χ2v) is 10.9. The number of hydrogen-bond acceptors (Lipinski definition) is 1. The molecule has 0 aromatic heterocycles. The molecule has 0 heterocycles. The van der Waals surface area contributed by atoms with Gasteiger partial charge in [-0.1, -0.05) is 32.6 Å². The molecular formula is C9H24OSi2. The lowest BCUT2D eigenvalue weighted by molar-refractivity contribution is 0.585. The van der Waals surface area contributed by atoms with Gasteiger partial charge in [-0.15, -0.1) is 0 Å². The molecule has 0 fully saturated rings. The van der Waals surface area contributed by atoms with E-state index in [0.29, 0.717) is 0 Å². The topological polar surface area (TPSA) is 9.23 Å². The van der Waals surface area contributed by atoms with Gasteiger partial charge < -0.3 is 4.12 Å². The summed E-state index contributed by atoms with van der Waals surface area (Å²) in [5.74, 6) is 0. The third-order valence-corrected chi connectivity index (χ3v) is 6.85. The standard InChI is InChI=1S/C9H24OSi2/c1-5-6-7-8-9-11-10-12(2,3)4/h5-9,11H2,1-4H3. The monoisotopic (exact) mass is 204 g/mol. The summed E-state index contributed by atoms with van der Waals surface area (Å²) >= 11 is 0. The Hall–Kier alpha value is 0.394. The van der Waals surface area contributed by atoms with E-state index in [1.165, 1.54) is 31.7 Å². The summed E-state index contributed by atoms with van der Waals surface area (Å²) in [5.41, 5.74) is 0. The predicted octanol–water partition coefficient (Wildman–Crippen LogP) is 2.92. The van der Waals surface area contributed by atoms with Gasteiger partial charge in [-0.25, -0.2) is 0 Å². The molecule has 0 aliphatic carbocycles. The number of unbranched alkanes of at least 4 members (excludes halogenated alkanes) is 3. The van der Waals surface area contributed by atoms with Crippen LogP contribution in [-0.4, -0.2) is 18.1 Å². The van der Waals surface area contributed by atoms with Crippen LogP contribution >= 0.6 is 0 Å². The first-order valence-electron chi connectivity index (χ1n) is 5.20. The van der Waals surface area contributed by atoms with Gasteiger partial charge in [0, 0.05) is 0 Å². The molecule has 0 aromatic rings. The summed E-state index contributed by atoms with van der Waals surface area (Å²) in [4.78, 5) is 0. The van der Waals surface area contributed by atoms with Crippen molar-refractivity contribution in [2.24, 2.45) is 0 Å². The van der Waals surface area contributed by atoms with E-state index in [0.717, 1.165) is 0 Å². The van der Waals surface area contributed by atoms with Crippen molar-refractivity contribution in [3.05, 3.63) is 0 Å². The first kappa shape index (κ1) is 12.4. The second kappa shape index (κ2) is 6.86. The fourth-order valence-corrected chi connectivity index (χ4v) is 4.67. The quantitative estimate of drug-likeness (QED) is 0.458. The van der Waals surface area contributed by atoms with Crippen LogP contribution in [0.3, 0.4) is 0 Å². The molecule has 0 spiro atoms. The molecule has 1 nitrogen and oxygen atoms in total. The Morgan fingerprint density at radius 2 is 1.75 bits per heavy atom. The Kier molecular flexibility index (Phi) is 7.09. The minimum absolute atomic E-state index is 0.159. The van der Waals surface area contributed by atoms with Crippen LogP contribution < -0.4 is 0 Å². The molecule has 0 unspecified atom stereocenters. The van der Waals surface area contributed by atoms with E-state index in [4.69, 9.17) is 4.12 Å². The summed E-state index contributed by atoms with van der Waals surface area (Å²) in [6, 6.07) is 1.39. The average Bonchev–Trinajstić information content (AvgIpc) is 1.94. The SMILES string of the molecule is CCCCCC[SiH2]O[Si](C)(C)C. The van der Waals surface area contributed by atoms with Gasteiger partial charge in [0.05, 0.1) is 0 Å². The van der Waals surface area contributed by atoms with Crippen molar-refractivity contribution in [3.8, 4) is 0 Å². The van der Waals surface area contributed by atoms with E-state index in [-0.39, 0.29) is 9.76 Å². The highest BCUT2D eigenvalue weighted by atomic mass is 28.4. The first-order chi connectivity index (χ1) is 5.56. The minimum atomic E-state index is -1.16. The molecule has 0 saturated heterocycles. The summed E-state index contributed by atoms with van der Waals surface area (Å²) in [5, 5.41) is 0. The van der Waals surface area contributed by atoms with Gasteiger partial charge in [-0.3, -0.25) is 0 Å². The lowest BCUT2D eigenvalue weighted by Gasteiger charge is -2.17. The number of hydrogen-bond donors (Lipinski definition) is 0. The van der Waals surface area contributed by atoms with Crippen molar-refractivity contribution in [1.82, 2.24) is 0 Å². The van der Waals surface area contributed by atoms with Crippen LogP contribution in [0, 0.1) is 0 Å².